The number of hydrogen-bond acceptors (Lipinski definition) is 2. The maximum Gasteiger partial charge on any atom is 0.306 e. The molecule has 4 heteroatoms. The summed E-state index contributed by atoms with van der Waals surface area (Å²) in [7, 11) is 0. The Kier molecular flexibility index (Phi) is 5.66. The van der Waals surface area contributed by atoms with E-state index < -0.39 is 0 Å². The number of carbonyl (C=O) groups is 1. The van der Waals surface area contributed by atoms with E-state index in [1.54, 1.807) is 6.07 Å². The average molecular weight is 323 g/mol. The molecule has 0 fully saturated rings. The van der Waals surface area contributed by atoms with Gasteiger partial charge in [-0.1, -0.05) is 53.5 Å². The second-order valence-corrected chi connectivity index (χ2v) is 5.45. The summed E-state index contributed by atoms with van der Waals surface area (Å²) in [5.74, 6) is -0.169. The van der Waals surface area contributed by atoms with Crippen LogP contribution in [0.5, 0.6) is 0 Å². The lowest BCUT2D eigenvalue weighted by molar-refractivity contribution is -0.143. The SMILES string of the molecule is CCOC(=O)CCc1cccc(-c2ccc(Cl)c(Cl)c2)c1. The van der Waals surface area contributed by atoms with Crippen LogP contribution in [0.3, 0.4) is 0 Å². The molecule has 2 aromatic rings. The van der Waals surface area contributed by atoms with Gasteiger partial charge in [-0.2, -0.15) is 0 Å². The molecule has 110 valence electrons. The highest BCUT2D eigenvalue weighted by Gasteiger charge is 2.05. The van der Waals surface area contributed by atoms with Crippen LogP contribution in [0.2, 0.25) is 10.0 Å². The van der Waals surface area contributed by atoms with Crippen LogP contribution in [0.1, 0.15) is 18.9 Å². The third kappa shape index (κ3) is 4.48. The Bertz CT molecular complexity index is 638. The van der Waals surface area contributed by atoms with Gasteiger partial charge in [-0.05, 0) is 42.2 Å². The van der Waals surface area contributed by atoms with E-state index in [4.69, 9.17) is 27.9 Å². The molecular weight excluding hydrogens is 307 g/mol. The fourth-order valence-corrected chi connectivity index (χ4v) is 2.36. The Balaban J connectivity index is 2.13. The molecule has 0 radical (unpaired) electrons. The van der Waals surface area contributed by atoms with Crippen molar-refractivity contribution in [3.8, 4) is 11.1 Å². The van der Waals surface area contributed by atoms with Crippen molar-refractivity contribution < 1.29 is 9.53 Å². The van der Waals surface area contributed by atoms with Crippen LogP contribution in [0, 0.1) is 0 Å². The smallest absolute Gasteiger partial charge is 0.306 e. The predicted octanol–water partition coefficient (Wildman–Crippen LogP) is 5.16. The Morgan fingerprint density at radius 2 is 1.81 bits per heavy atom. The van der Waals surface area contributed by atoms with E-state index in [-0.39, 0.29) is 5.97 Å². The highest BCUT2D eigenvalue weighted by atomic mass is 35.5. The molecule has 0 amide bonds. The molecule has 0 atom stereocenters. The summed E-state index contributed by atoms with van der Waals surface area (Å²) in [6, 6.07) is 13.6. The largest absolute Gasteiger partial charge is 0.466 e. The van der Waals surface area contributed by atoms with Gasteiger partial charge in [0, 0.05) is 6.42 Å². The molecule has 0 bridgehead atoms. The van der Waals surface area contributed by atoms with E-state index in [1.165, 1.54) is 0 Å². The molecular formula is C17H16Cl2O2. The lowest BCUT2D eigenvalue weighted by Gasteiger charge is -2.07. The summed E-state index contributed by atoms with van der Waals surface area (Å²) in [6.45, 7) is 2.23. The van der Waals surface area contributed by atoms with Crippen molar-refractivity contribution in [2.45, 2.75) is 19.8 Å². The first-order valence-corrected chi connectivity index (χ1v) is 7.55. The molecule has 0 N–H and O–H groups in total. The standard InChI is InChI=1S/C17H16Cl2O2/c1-2-21-17(20)9-6-12-4-3-5-13(10-12)14-7-8-15(18)16(19)11-14/h3-5,7-8,10-11H,2,6,9H2,1H3. The van der Waals surface area contributed by atoms with E-state index in [9.17, 15) is 4.79 Å². The predicted molar refractivity (Wildman–Crippen MR) is 86.9 cm³/mol. The van der Waals surface area contributed by atoms with Crippen molar-refractivity contribution in [3.05, 3.63) is 58.1 Å². The number of ether oxygens (including phenoxy) is 1. The van der Waals surface area contributed by atoms with E-state index >= 15 is 0 Å². The Hall–Kier alpha value is -1.51. The van der Waals surface area contributed by atoms with Gasteiger partial charge in [0.2, 0.25) is 0 Å². The van der Waals surface area contributed by atoms with Crippen molar-refractivity contribution in [3.63, 3.8) is 0 Å². The summed E-state index contributed by atoms with van der Waals surface area (Å²) in [4.78, 5) is 11.4. The molecule has 0 aliphatic carbocycles. The highest BCUT2D eigenvalue weighted by Crippen LogP contribution is 2.29. The van der Waals surface area contributed by atoms with Gasteiger partial charge in [0.05, 0.1) is 16.7 Å². The molecule has 0 aliphatic rings. The van der Waals surface area contributed by atoms with Crippen LogP contribution in [-0.4, -0.2) is 12.6 Å². The number of halogens is 2. The lowest BCUT2D eigenvalue weighted by Crippen LogP contribution is -2.05. The fraction of sp³-hybridized carbons (Fsp3) is 0.235. The zero-order valence-electron chi connectivity index (χ0n) is 11.7. The van der Waals surface area contributed by atoms with E-state index in [0.29, 0.717) is 29.5 Å². The van der Waals surface area contributed by atoms with Crippen LogP contribution in [0.4, 0.5) is 0 Å². The molecule has 0 aliphatic heterocycles. The molecule has 0 unspecified atom stereocenters. The van der Waals surface area contributed by atoms with Crippen LogP contribution in [-0.2, 0) is 16.0 Å². The minimum Gasteiger partial charge on any atom is -0.466 e. The number of aryl methyl sites for hydroxylation is 1. The topological polar surface area (TPSA) is 26.3 Å². The van der Waals surface area contributed by atoms with Crippen molar-refractivity contribution in [1.82, 2.24) is 0 Å². The fourth-order valence-electron chi connectivity index (χ4n) is 2.06. The molecule has 2 rings (SSSR count). The number of esters is 1. The minimum absolute atomic E-state index is 0.169. The third-order valence-corrected chi connectivity index (χ3v) is 3.84. The quantitative estimate of drug-likeness (QED) is 0.711. The molecule has 21 heavy (non-hydrogen) atoms. The summed E-state index contributed by atoms with van der Waals surface area (Å²) in [6.07, 6.45) is 1.05. The van der Waals surface area contributed by atoms with Crippen molar-refractivity contribution in [1.29, 1.82) is 0 Å². The van der Waals surface area contributed by atoms with Crippen LogP contribution >= 0.6 is 23.2 Å². The molecule has 0 saturated carbocycles. The number of hydrogen-bond donors (Lipinski definition) is 0. The lowest BCUT2D eigenvalue weighted by atomic mass is 10.0. The van der Waals surface area contributed by atoms with E-state index in [1.807, 2.05) is 37.3 Å². The summed E-state index contributed by atoms with van der Waals surface area (Å²) >= 11 is 12.0. The first-order chi connectivity index (χ1) is 10.1. The highest BCUT2D eigenvalue weighted by molar-refractivity contribution is 6.42. The second kappa shape index (κ2) is 7.48. The minimum atomic E-state index is -0.169. The maximum atomic E-state index is 11.4. The zero-order chi connectivity index (χ0) is 15.2. The first-order valence-electron chi connectivity index (χ1n) is 6.80. The number of benzene rings is 2. The first kappa shape index (κ1) is 15.9. The zero-order valence-corrected chi connectivity index (χ0v) is 13.2. The van der Waals surface area contributed by atoms with Gasteiger partial charge in [-0.15, -0.1) is 0 Å². The summed E-state index contributed by atoms with van der Waals surface area (Å²) < 4.78 is 4.94. The maximum absolute atomic E-state index is 11.4. The van der Waals surface area contributed by atoms with E-state index in [2.05, 4.69) is 6.07 Å². The second-order valence-electron chi connectivity index (χ2n) is 4.63. The Labute approximate surface area is 134 Å². The third-order valence-electron chi connectivity index (χ3n) is 3.10. The van der Waals surface area contributed by atoms with Gasteiger partial charge in [-0.25, -0.2) is 0 Å². The van der Waals surface area contributed by atoms with Crippen molar-refractivity contribution in [2.24, 2.45) is 0 Å². The van der Waals surface area contributed by atoms with Crippen molar-refractivity contribution >= 4 is 29.2 Å². The molecule has 0 aromatic heterocycles. The van der Waals surface area contributed by atoms with Gasteiger partial charge >= 0.3 is 5.97 Å². The summed E-state index contributed by atoms with van der Waals surface area (Å²) in [5, 5.41) is 1.07. The molecule has 0 heterocycles. The van der Waals surface area contributed by atoms with Gasteiger partial charge < -0.3 is 4.74 Å². The molecule has 2 nitrogen and oxygen atoms in total. The average Bonchev–Trinajstić information content (AvgIpc) is 2.49. The van der Waals surface area contributed by atoms with Gasteiger partial charge in [0.25, 0.3) is 0 Å². The van der Waals surface area contributed by atoms with Crippen LogP contribution < -0.4 is 0 Å². The van der Waals surface area contributed by atoms with Crippen LogP contribution in [0.15, 0.2) is 42.5 Å². The van der Waals surface area contributed by atoms with Gasteiger partial charge in [0.1, 0.15) is 0 Å². The van der Waals surface area contributed by atoms with E-state index in [0.717, 1.165) is 16.7 Å². The van der Waals surface area contributed by atoms with Crippen LogP contribution in [0.25, 0.3) is 11.1 Å². The number of carbonyl (C=O) groups excluding carboxylic acids is 1. The van der Waals surface area contributed by atoms with Gasteiger partial charge in [-0.3, -0.25) is 4.79 Å². The normalized spacial score (nSPS) is 10.4. The summed E-state index contributed by atoms with van der Waals surface area (Å²) in [5.41, 5.74) is 3.14. The molecule has 0 saturated heterocycles. The van der Waals surface area contributed by atoms with Gasteiger partial charge in [0.15, 0.2) is 0 Å². The molecule has 2 aromatic carbocycles. The Morgan fingerprint density at radius 3 is 2.52 bits per heavy atom. The van der Waals surface area contributed by atoms with Crippen molar-refractivity contribution in [2.75, 3.05) is 6.61 Å². The Morgan fingerprint density at radius 1 is 1.05 bits per heavy atom. The monoisotopic (exact) mass is 322 g/mol. The molecule has 0 spiro atoms. The number of rotatable bonds is 5.